The minimum absolute atomic E-state index is 0.0210. The molecular weight excluding hydrogens is 308 g/mol. The van der Waals surface area contributed by atoms with Gasteiger partial charge < -0.3 is 5.32 Å². The Labute approximate surface area is 139 Å². The molecule has 0 aliphatic heterocycles. The molecule has 0 saturated carbocycles. The van der Waals surface area contributed by atoms with Gasteiger partial charge in [-0.2, -0.15) is 5.10 Å². The summed E-state index contributed by atoms with van der Waals surface area (Å²) >= 11 is 1.56. The van der Waals surface area contributed by atoms with Crippen LogP contribution in [-0.4, -0.2) is 20.7 Å². The number of aryl methyl sites for hydroxylation is 1. The van der Waals surface area contributed by atoms with Crippen molar-refractivity contribution in [2.24, 2.45) is 0 Å². The van der Waals surface area contributed by atoms with E-state index in [1.165, 1.54) is 0 Å². The van der Waals surface area contributed by atoms with Gasteiger partial charge in [0.2, 0.25) is 5.91 Å². The molecule has 0 spiro atoms. The smallest absolute Gasteiger partial charge is 0.226 e. The quantitative estimate of drug-likeness (QED) is 0.784. The lowest BCUT2D eigenvalue weighted by Gasteiger charge is -2.15. The van der Waals surface area contributed by atoms with E-state index in [2.05, 4.69) is 15.4 Å². The molecule has 1 atom stereocenters. The van der Waals surface area contributed by atoms with Crippen molar-refractivity contribution in [1.82, 2.24) is 20.1 Å². The van der Waals surface area contributed by atoms with Crippen molar-refractivity contribution in [2.45, 2.75) is 26.3 Å². The Balaban J connectivity index is 1.67. The summed E-state index contributed by atoms with van der Waals surface area (Å²) in [5, 5.41) is 10.2. The minimum Gasteiger partial charge on any atom is -0.349 e. The highest BCUT2D eigenvalue weighted by Crippen LogP contribution is 2.17. The number of hydrogen-bond donors (Lipinski definition) is 1. The van der Waals surface area contributed by atoms with Crippen molar-refractivity contribution >= 4 is 17.2 Å². The summed E-state index contributed by atoms with van der Waals surface area (Å²) < 4.78 is 1.80. The van der Waals surface area contributed by atoms with E-state index in [1.54, 1.807) is 22.2 Å². The van der Waals surface area contributed by atoms with E-state index in [1.807, 2.05) is 55.8 Å². The van der Waals surface area contributed by atoms with Crippen LogP contribution < -0.4 is 5.32 Å². The van der Waals surface area contributed by atoms with Crippen LogP contribution in [0, 0.1) is 6.92 Å². The molecule has 2 heterocycles. The van der Waals surface area contributed by atoms with Crippen molar-refractivity contribution in [1.29, 1.82) is 0 Å². The number of aromatic nitrogens is 3. The number of rotatable bonds is 5. The van der Waals surface area contributed by atoms with Crippen molar-refractivity contribution in [3.05, 3.63) is 64.4 Å². The van der Waals surface area contributed by atoms with E-state index in [0.717, 1.165) is 22.0 Å². The van der Waals surface area contributed by atoms with Gasteiger partial charge in [0.25, 0.3) is 0 Å². The molecule has 1 amide bonds. The molecule has 3 aromatic rings. The molecule has 5 nitrogen and oxygen atoms in total. The Morgan fingerprint density at radius 3 is 2.96 bits per heavy atom. The van der Waals surface area contributed by atoms with Crippen molar-refractivity contribution in [3.8, 4) is 5.69 Å². The first kappa shape index (κ1) is 15.4. The monoisotopic (exact) mass is 326 g/mol. The highest BCUT2D eigenvalue weighted by atomic mass is 32.1. The second-order valence-electron chi connectivity index (χ2n) is 5.37. The lowest BCUT2D eigenvalue weighted by atomic mass is 10.1. The first-order valence-corrected chi connectivity index (χ1v) is 8.30. The number of nitrogens with one attached hydrogen (secondary N) is 1. The SMILES string of the molecule is Cc1nc(CC(=O)N[C@H](C)c2cccc(-n3cccn3)c2)cs1. The van der Waals surface area contributed by atoms with Crippen LogP contribution in [0.15, 0.2) is 48.1 Å². The largest absolute Gasteiger partial charge is 0.349 e. The van der Waals surface area contributed by atoms with Gasteiger partial charge in [0.1, 0.15) is 0 Å². The summed E-state index contributed by atoms with van der Waals surface area (Å²) in [6, 6.07) is 9.81. The highest BCUT2D eigenvalue weighted by Gasteiger charge is 2.12. The van der Waals surface area contributed by atoms with Crippen molar-refractivity contribution < 1.29 is 4.79 Å². The van der Waals surface area contributed by atoms with Gasteiger partial charge in [-0.3, -0.25) is 4.79 Å². The molecule has 0 bridgehead atoms. The first-order valence-electron chi connectivity index (χ1n) is 7.42. The number of nitrogens with zero attached hydrogens (tertiary/aromatic N) is 3. The molecule has 0 aliphatic carbocycles. The Morgan fingerprint density at radius 1 is 1.39 bits per heavy atom. The molecular formula is C17H18N4OS. The van der Waals surface area contributed by atoms with Crippen molar-refractivity contribution in [3.63, 3.8) is 0 Å². The van der Waals surface area contributed by atoms with Crippen molar-refractivity contribution in [2.75, 3.05) is 0 Å². The third-order valence-electron chi connectivity index (χ3n) is 3.52. The van der Waals surface area contributed by atoms with Gasteiger partial charge in [0, 0.05) is 17.8 Å². The number of thiazole rings is 1. The summed E-state index contributed by atoms with van der Waals surface area (Å²) in [5.74, 6) is -0.0210. The number of hydrogen-bond acceptors (Lipinski definition) is 4. The topological polar surface area (TPSA) is 59.8 Å². The number of amides is 1. The van der Waals surface area contributed by atoms with Gasteiger partial charge in [0.15, 0.2) is 0 Å². The average Bonchev–Trinajstić information content (AvgIpc) is 3.19. The standard InChI is InChI=1S/C17H18N4OS/c1-12(19-17(22)10-15-11-23-13(2)20-15)14-5-3-6-16(9-14)21-8-4-7-18-21/h3-9,11-12H,10H2,1-2H3,(H,19,22)/t12-/m1/s1. The van der Waals surface area contributed by atoms with Gasteiger partial charge in [-0.15, -0.1) is 11.3 Å². The molecule has 1 aromatic carbocycles. The maximum atomic E-state index is 12.2. The molecule has 0 unspecified atom stereocenters. The molecule has 23 heavy (non-hydrogen) atoms. The zero-order chi connectivity index (χ0) is 16.2. The van der Waals surface area contributed by atoms with Gasteiger partial charge >= 0.3 is 0 Å². The molecule has 6 heteroatoms. The Hall–Kier alpha value is -2.47. The molecule has 0 fully saturated rings. The van der Waals surface area contributed by atoms with Gasteiger partial charge in [0.05, 0.1) is 28.9 Å². The zero-order valence-corrected chi connectivity index (χ0v) is 13.9. The van der Waals surface area contributed by atoms with Crippen LogP contribution in [0.2, 0.25) is 0 Å². The van der Waals surface area contributed by atoms with Crippen LogP contribution in [0.1, 0.15) is 29.2 Å². The maximum Gasteiger partial charge on any atom is 0.226 e. The predicted octanol–water partition coefficient (Wildman–Crippen LogP) is 3.06. The lowest BCUT2D eigenvalue weighted by molar-refractivity contribution is -0.121. The summed E-state index contributed by atoms with van der Waals surface area (Å²) in [5.41, 5.74) is 2.84. The van der Waals surface area contributed by atoms with E-state index in [9.17, 15) is 4.79 Å². The molecule has 0 saturated heterocycles. The molecule has 0 radical (unpaired) electrons. The first-order chi connectivity index (χ1) is 11.1. The zero-order valence-electron chi connectivity index (χ0n) is 13.1. The van der Waals surface area contributed by atoms with Crippen LogP contribution in [-0.2, 0) is 11.2 Å². The normalized spacial score (nSPS) is 12.1. The molecule has 1 N–H and O–H groups in total. The summed E-state index contributed by atoms with van der Waals surface area (Å²) in [4.78, 5) is 16.5. The van der Waals surface area contributed by atoms with Gasteiger partial charge in [-0.25, -0.2) is 9.67 Å². The number of carbonyl (C=O) groups excluding carboxylic acids is 1. The average molecular weight is 326 g/mol. The van der Waals surface area contributed by atoms with E-state index >= 15 is 0 Å². The van der Waals surface area contributed by atoms with Gasteiger partial charge in [-0.1, -0.05) is 12.1 Å². The predicted molar refractivity (Wildman–Crippen MR) is 90.7 cm³/mol. The van der Waals surface area contributed by atoms with E-state index in [0.29, 0.717) is 6.42 Å². The van der Waals surface area contributed by atoms with Crippen LogP contribution in [0.25, 0.3) is 5.69 Å². The van der Waals surface area contributed by atoms with Crippen LogP contribution in [0.4, 0.5) is 0 Å². The Bertz CT molecular complexity index is 795. The Morgan fingerprint density at radius 2 is 2.26 bits per heavy atom. The Kier molecular flexibility index (Phi) is 4.52. The second kappa shape index (κ2) is 6.75. The van der Waals surface area contributed by atoms with Crippen LogP contribution in [0.3, 0.4) is 0 Å². The number of carbonyl (C=O) groups is 1. The fraction of sp³-hybridized carbons (Fsp3) is 0.235. The molecule has 118 valence electrons. The van der Waals surface area contributed by atoms with Crippen LogP contribution in [0.5, 0.6) is 0 Å². The van der Waals surface area contributed by atoms with E-state index < -0.39 is 0 Å². The number of benzene rings is 1. The molecule has 3 rings (SSSR count). The minimum atomic E-state index is -0.0715. The second-order valence-corrected chi connectivity index (χ2v) is 6.43. The molecule has 0 aliphatic rings. The highest BCUT2D eigenvalue weighted by molar-refractivity contribution is 7.09. The van der Waals surface area contributed by atoms with E-state index in [4.69, 9.17) is 0 Å². The molecule has 2 aromatic heterocycles. The summed E-state index contributed by atoms with van der Waals surface area (Å²) in [6.07, 6.45) is 3.95. The fourth-order valence-electron chi connectivity index (χ4n) is 2.39. The summed E-state index contributed by atoms with van der Waals surface area (Å²) in [6.45, 7) is 3.92. The lowest BCUT2D eigenvalue weighted by Crippen LogP contribution is -2.28. The fourth-order valence-corrected chi connectivity index (χ4v) is 3.00. The summed E-state index contributed by atoms with van der Waals surface area (Å²) in [7, 11) is 0. The third-order valence-corrected chi connectivity index (χ3v) is 4.35. The maximum absolute atomic E-state index is 12.2. The van der Waals surface area contributed by atoms with Gasteiger partial charge in [-0.05, 0) is 37.6 Å². The third kappa shape index (κ3) is 3.84. The van der Waals surface area contributed by atoms with E-state index in [-0.39, 0.29) is 11.9 Å². The van der Waals surface area contributed by atoms with Crippen LogP contribution >= 0.6 is 11.3 Å².